The van der Waals surface area contributed by atoms with Crippen LogP contribution in [0.5, 0.6) is 0 Å². The van der Waals surface area contributed by atoms with E-state index in [4.69, 9.17) is 5.73 Å². The molecule has 1 aromatic rings. The van der Waals surface area contributed by atoms with Crippen LogP contribution in [0.2, 0.25) is 0 Å². The molecule has 0 aliphatic carbocycles. The van der Waals surface area contributed by atoms with Crippen LogP contribution in [0.1, 0.15) is 18.5 Å². The third kappa shape index (κ3) is 3.22. The Labute approximate surface area is 133 Å². The maximum absolute atomic E-state index is 12.3. The molecule has 3 rings (SSSR count). The highest BCUT2D eigenvalue weighted by Crippen LogP contribution is 2.23. The van der Waals surface area contributed by atoms with Gasteiger partial charge in [-0.2, -0.15) is 0 Å². The number of carbonyl (C=O) groups is 2. The molecule has 0 saturated carbocycles. The second-order valence-electron chi connectivity index (χ2n) is 5.77. The lowest BCUT2D eigenvalue weighted by Crippen LogP contribution is -2.46. The molecule has 0 radical (unpaired) electrons. The minimum Gasteiger partial charge on any atom is -0.342 e. The van der Waals surface area contributed by atoms with Crippen molar-refractivity contribution >= 4 is 28.4 Å². The molecule has 0 spiro atoms. The van der Waals surface area contributed by atoms with Crippen molar-refractivity contribution < 1.29 is 9.59 Å². The van der Waals surface area contributed by atoms with Crippen molar-refractivity contribution in [2.75, 3.05) is 37.6 Å². The fourth-order valence-electron chi connectivity index (χ4n) is 2.83. The topological polar surface area (TPSA) is 91.6 Å². The summed E-state index contributed by atoms with van der Waals surface area (Å²) in [6, 6.07) is -0.108. The molecule has 1 atom stereocenters. The van der Waals surface area contributed by atoms with Crippen LogP contribution >= 0.6 is 11.3 Å². The molecule has 3 heterocycles. The van der Waals surface area contributed by atoms with Crippen molar-refractivity contribution in [3.05, 3.63) is 11.1 Å². The minimum absolute atomic E-state index is 0.0934. The molecular formula is C14H21N5O2S. The number of rotatable bonds is 4. The van der Waals surface area contributed by atoms with Crippen molar-refractivity contribution in [1.82, 2.24) is 15.2 Å². The molecule has 2 aliphatic heterocycles. The van der Waals surface area contributed by atoms with E-state index >= 15 is 0 Å². The minimum atomic E-state index is -0.108. The normalized spacial score (nSPS) is 22.0. The Hall–Kier alpha value is -1.67. The number of urea groups is 1. The Balaban J connectivity index is 1.59. The van der Waals surface area contributed by atoms with Gasteiger partial charge in [0.1, 0.15) is 0 Å². The molecule has 8 heteroatoms. The van der Waals surface area contributed by atoms with E-state index in [9.17, 15) is 9.59 Å². The highest BCUT2D eigenvalue weighted by molar-refractivity contribution is 7.14. The van der Waals surface area contributed by atoms with Crippen LogP contribution in [0.3, 0.4) is 0 Å². The molecule has 1 aromatic heterocycles. The van der Waals surface area contributed by atoms with Crippen molar-refractivity contribution in [3.63, 3.8) is 0 Å². The van der Waals surface area contributed by atoms with Gasteiger partial charge in [0.25, 0.3) is 0 Å². The summed E-state index contributed by atoms with van der Waals surface area (Å²) in [5, 5.41) is 5.34. The van der Waals surface area contributed by atoms with Crippen molar-refractivity contribution in [3.8, 4) is 0 Å². The fraction of sp³-hybridized carbons (Fsp3) is 0.643. The Morgan fingerprint density at radius 3 is 3.09 bits per heavy atom. The Bertz CT molecular complexity index is 561. The zero-order chi connectivity index (χ0) is 15.5. The van der Waals surface area contributed by atoms with Crippen LogP contribution in [-0.4, -0.2) is 54.5 Å². The van der Waals surface area contributed by atoms with Gasteiger partial charge >= 0.3 is 6.03 Å². The van der Waals surface area contributed by atoms with E-state index in [0.29, 0.717) is 37.1 Å². The first-order chi connectivity index (χ1) is 10.7. The number of hydrogen-bond acceptors (Lipinski definition) is 5. The Morgan fingerprint density at radius 1 is 1.50 bits per heavy atom. The van der Waals surface area contributed by atoms with Crippen LogP contribution in [-0.2, 0) is 11.2 Å². The van der Waals surface area contributed by atoms with Gasteiger partial charge in [0, 0.05) is 31.6 Å². The summed E-state index contributed by atoms with van der Waals surface area (Å²) in [6.45, 7) is 3.56. The molecule has 3 N–H and O–H groups in total. The van der Waals surface area contributed by atoms with Crippen LogP contribution in [0.15, 0.2) is 5.38 Å². The molecule has 7 nitrogen and oxygen atoms in total. The summed E-state index contributed by atoms with van der Waals surface area (Å²) < 4.78 is 0. The number of nitrogens with one attached hydrogen (secondary N) is 1. The summed E-state index contributed by atoms with van der Waals surface area (Å²) in [5.41, 5.74) is 6.39. The first-order valence-electron chi connectivity index (χ1n) is 7.65. The Kier molecular flexibility index (Phi) is 4.58. The number of hydrogen-bond donors (Lipinski definition) is 2. The van der Waals surface area contributed by atoms with Crippen LogP contribution in [0.4, 0.5) is 9.93 Å². The van der Waals surface area contributed by atoms with E-state index in [1.54, 1.807) is 4.90 Å². The summed E-state index contributed by atoms with van der Waals surface area (Å²) in [7, 11) is 0. The number of amides is 3. The summed E-state index contributed by atoms with van der Waals surface area (Å²) in [6.07, 6.45) is 2.19. The lowest BCUT2D eigenvalue weighted by molar-refractivity contribution is -0.129. The fourth-order valence-corrected chi connectivity index (χ4v) is 3.68. The number of likely N-dealkylation sites (tertiary alicyclic amines) is 1. The average molecular weight is 323 g/mol. The molecule has 3 amide bonds. The predicted octanol–water partition coefficient (Wildman–Crippen LogP) is 0.413. The lowest BCUT2D eigenvalue weighted by atomic mass is 10.1. The molecule has 0 unspecified atom stereocenters. The summed E-state index contributed by atoms with van der Waals surface area (Å²) in [4.78, 5) is 32.0. The second kappa shape index (κ2) is 6.62. The first-order valence-corrected chi connectivity index (χ1v) is 8.53. The highest BCUT2D eigenvalue weighted by Gasteiger charge is 2.26. The van der Waals surface area contributed by atoms with Gasteiger partial charge in [-0.15, -0.1) is 11.3 Å². The molecule has 2 aliphatic rings. The van der Waals surface area contributed by atoms with Crippen molar-refractivity contribution in [2.24, 2.45) is 11.7 Å². The zero-order valence-electron chi connectivity index (χ0n) is 12.5. The number of carbonyl (C=O) groups excluding carboxylic acids is 2. The molecular weight excluding hydrogens is 302 g/mol. The number of thiazole rings is 1. The molecule has 120 valence electrons. The average Bonchev–Trinajstić information content (AvgIpc) is 3.16. The first kappa shape index (κ1) is 15.2. The summed E-state index contributed by atoms with van der Waals surface area (Å²) in [5.74, 6) is 0.517. The van der Waals surface area contributed by atoms with Gasteiger partial charge in [-0.25, -0.2) is 9.78 Å². The number of nitrogens with two attached hydrogens (primary N) is 1. The molecule has 22 heavy (non-hydrogen) atoms. The maximum atomic E-state index is 12.3. The largest absolute Gasteiger partial charge is 0.342 e. The van der Waals surface area contributed by atoms with E-state index in [1.807, 2.05) is 10.3 Å². The zero-order valence-corrected chi connectivity index (χ0v) is 13.3. The van der Waals surface area contributed by atoms with Crippen LogP contribution in [0.25, 0.3) is 0 Å². The summed E-state index contributed by atoms with van der Waals surface area (Å²) >= 11 is 1.41. The van der Waals surface area contributed by atoms with E-state index in [2.05, 4.69) is 10.3 Å². The quantitative estimate of drug-likeness (QED) is 0.840. The number of nitrogens with zero attached hydrogens (tertiary/aromatic N) is 3. The van der Waals surface area contributed by atoms with Gasteiger partial charge in [0.15, 0.2) is 5.13 Å². The highest BCUT2D eigenvalue weighted by atomic mass is 32.1. The van der Waals surface area contributed by atoms with Gasteiger partial charge in [0.2, 0.25) is 5.91 Å². The molecule has 2 fully saturated rings. The standard InChI is InChI=1S/C14H21N5O2S/c15-7-10-2-5-18(8-10)12(20)6-11-9-22-14(17-11)19-4-1-3-16-13(19)21/h9-10H,1-8,15H2,(H,16,21)/t10-/m1/s1. The Morgan fingerprint density at radius 2 is 2.36 bits per heavy atom. The van der Waals surface area contributed by atoms with E-state index in [-0.39, 0.29) is 11.9 Å². The van der Waals surface area contributed by atoms with E-state index in [1.165, 1.54) is 11.3 Å². The van der Waals surface area contributed by atoms with Crippen molar-refractivity contribution in [2.45, 2.75) is 19.3 Å². The molecule has 0 aromatic carbocycles. The van der Waals surface area contributed by atoms with E-state index in [0.717, 1.165) is 31.6 Å². The van der Waals surface area contributed by atoms with Crippen LogP contribution in [0, 0.1) is 5.92 Å². The SMILES string of the molecule is NC[C@H]1CCN(C(=O)Cc2csc(N3CCCNC3=O)n2)C1. The van der Waals surface area contributed by atoms with E-state index < -0.39 is 0 Å². The third-order valence-electron chi connectivity index (χ3n) is 4.15. The van der Waals surface area contributed by atoms with Gasteiger partial charge in [-0.1, -0.05) is 0 Å². The van der Waals surface area contributed by atoms with Crippen LogP contribution < -0.4 is 16.0 Å². The van der Waals surface area contributed by atoms with Gasteiger partial charge < -0.3 is 16.0 Å². The third-order valence-corrected chi connectivity index (χ3v) is 5.07. The smallest absolute Gasteiger partial charge is 0.323 e. The second-order valence-corrected chi connectivity index (χ2v) is 6.60. The van der Waals surface area contributed by atoms with Gasteiger partial charge in [-0.05, 0) is 25.3 Å². The predicted molar refractivity (Wildman–Crippen MR) is 84.9 cm³/mol. The number of anilines is 1. The monoisotopic (exact) mass is 323 g/mol. The van der Waals surface area contributed by atoms with Gasteiger partial charge in [0.05, 0.1) is 12.1 Å². The lowest BCUT2D eigenvalue weighted by Gasteiger charge is -2.24. The van der Waals surface area contributed by atoms with Crippen molar-refractivity contribution in [1.29, 1.82) is 0 Å². The maximum Gasteiger partial charge on any atom is 0.323 e. The molecule has 0 bridgehead atoms. The van der Waals surface area contributed by atoms with Gasteiger partial charge in [-0.3, -0.25) is 9.69 Å². The molecule has 2 saturated heterocycles. The number of aromatic nitrogens is 1.